The minimum atomic E-state index is 0.0270. The Labute approximate surface area is 130 Å². The molecule has 0 fully saturated rings. The standard InChI is InChI=1S/C18H19NO3/c1-14-13-22-17-10-6-5-9-16(17)19(14)18(20)11-12-21-15-7-3-2-4-8-15/h2-10,14H,11-13H2,1H3. The van der Waals surface area contributed by atoms with E-state index in [0.29, 0.717) is 19.6 Å². The Kier molecular flexibility index (Phi) is 4.28. The molecule has 2 aromatic carbocycles. The fourth-order valence-electron chi connectivity index (χ4n) is 2.57. The number of benzene rings is 2. The van der Waals surface area contributed by atoms with E-state index in [1.54, 1.807) is 0 Å². The first-order chi connectivity index (χ1) is 10.8. The van der Waals surface area contributed by atoms with Gasteiger partial charge in [-0.15, -0.1) is 0 Å². The van der Waals surface area contributed by atoms with Crippen molar-refractivity contribution in [3.8, 4) is 11.5 Å². The van der Waals surface area contributed by atoms with E-state index in [9.17, 15) is 4.79 Å². The summed E-state index contributed by atoms with van der Waals surface area (Å²) < 4.78 is 11.3. The largest absolute Gasteiger partial charge is 0.493 e. The van der Waals surface area contributed by atoms with Crippen LogP contribution in [0.4, 0.5) is 5.69 Å². The van der Waals surface area contributed by atoms with Gasteiger partial charge in [0.15, 0.2) is 0 Å². The number of hydrogen-bond donors (Lipinski definition) is 0. The average Bonchev–Trinajstić information content (AvgIpc) is 2.55. The van der Waals surface area contributed by atoms with Gasteiger partial charge < -0.3 is 14.4 Å². The normalized spacial score (nSPS) is 16.6. The first-order valence-corrected chi connectivity index (χ1v) is 7.47. The molecule has 3 rings (SSSR count). The Morgan fingerprint density at radius 1 is 1.18 bits per heavy atom. The second-order valence-corrected chi connectivity index (χ2v) is 5.30. The first kappa shape index (κ1) is 14.4. The maximum Gasteiger partial charge on any atom is 0.230 e. The van der Waals surface area contributed by atoms with Crippen LogP contribution in [0.15, 0.2) is 54.6 Å². The van der Waals surface area contributed by atoms with E-state index < -0.39 is 0 Å². The van der Waals surface area contributed by atoms with Crippen LogP contribution in [0.1, 0.15) is 13.3 Å². The minimum Gasteiger partial charge on any atom is -0.493 e. The summed E-state index contributed by atoms with van der Waals surface area (Å²) in [6, 6.07) is 17.2. The monoisotopic (exact) mass is 297 g/mol. The Hall–Kier alpha value is -2.49. The number of rotatable bonds is 4. The Bertz CT molecular complexity index is 642. The van der Waals surface area contributed by atoms with Gasteiger partial charge in [0, 0.05) is 0 Å². The summed E-state index contributed by atoms with van der Waals surface area (Å²) in [5.41, 5.74) is 0.839. The first-order valence-electron chi connectivity index (χ1n) is 7.47. The van der Waals surface area contributed by atoms with Gasteiger partial charge in [0.2, 0.25) is 5.91 Å². The molecule has 1 atom stereocenters. The van der Waals surface area contributed by atoms with E-state index in [2.05, 4.69) is 0 Å². The molecule has 1 amide bonds. The van der Waals surface area contributed by atoms with Crippen molar-refractivity contribution in [1.82, 2.24) is 0 Å². The minimum absolute atomic E-state index is 0.0270. The maximum atomic E-state index is 12.6. The molecule has 1 unspecified atom stereocenters. The van der Waals surface area contributed by atoms with E-state index in [0.717, 1.165) is 17.2 Å². The number of amides is 1. The van der Waals surface area contributed by atoms with Crippen molar-refractivity contribution in [2.24, 2.45) is 0 Å². The molecule has 1 heterocycles. The quantitative estimate of drug-likeness (QED) is 0.869. The summed E-state index contributed by atoms with van der Waals surface area (Å²) in [4.78, 5) is 14.4. The molecule has 0 bridgehead atoms. The van der Waals surface area contributed by atoms with Crippen LogP contribution in [0, 0.1) is 0 Å². The molecule has 0 aliphatic carbocycles. The lowest BCUT2D eigenvalue weighted by molar-refractivity contribution is -0.119. The molecule has 4 nitrogen and oxygen atoms in total. The smallest absolute Gasteiger partial charge is 0.230 e. The zero-order chi connectivity index (χ0) is 15.4. The molecule has 0 aromatic heterocycles. The Balaban J connectivity index is 1.64. The molecule has 0 saturated carbocycles. The molecule has 114 valence electrons. The molecule has 0 spiro atoms. The third-order valence-electron chi connectivity index (χ3n) is 3.64. The van der Waals surface area contributed by atoms with E-state index in [4.69, 9.17) is 9.47 Å². The SMILES string of the molecule is CC1COc2ccccc2N1C(=O)CCOc1ccccc1. The van der Waals surface area contributed by atoms with Crippen LogP contribution in [-0.2, 0) is 4.79 Å². The van der Waals surface area contributed by atoms with E-state index >= 15 is 0 Å². The van der Waals surface area contributed by atoms with Crippen LogP contribution in [0.5, 0.6) is 11.5 Å². The third kappa shape index (κ3) is 3.06. The van der Waals surface area contributed by atoms with Crippen LogP contribution in [0.2, 0.25) is 0 Å². The average molecular weight is 297 g/mol. The van der Waals surface area contributed by atoms with Crippen LogP contribution in [-0.4, -0.2) is 25.2 Å². The van der Waals surface area contributed by atoms with Gasteiger partial charge in [-0.25, -0.2) is 0 Å². The maximum absolute atomic E-state index is 12.6. The molecule has 0 saturated heterocycles. The highest BCUT2D eigenvalue weighted by atomic mass is 16.5. The molecule has 0 N–H and O–H groups in total. The molecule has 4 heteroatoms. The van der Waals surface area contributed by atoms with Crippen molar-refractivity contribution in [2.45, 2.75) is 19.4 Å². The zero-order valence-corrected chi connectivity index (χ0v) is 12.6. The van der Waals surface area contributed by atoms with Crippen LogP contribution in [0.3, 0.4) is 0 Å². The van der Waals surface area contributed by atoms with Crippen LogP contribution in [0.25, 0.3) is 0 Å². The van der Waals surface area contributed by atoms with Crippen LogP contribution < -0.4 is 14.4 Å². The van der Waals surface area contributed by atoms with E-state index in [-0.39, 0.29) is 11.9 Å². The van der Waals surface area contributed by atoms with Crippen molar-refractivity contribution in [2.75, 3.05) is 18.1 Å². The number of ether oxygens (including phenoxy) is 2. The number of carbonyl (C=O) groups is 1. The second-order valence-electron chi connectivity index (χ2n) is 5.30. The Morgan fingerprint density at radius 2 is 1.91 bits per heavy atom. The lowest BCUT2D eigenvalue weighted by atomic mass is 10.1. The third-order valence-corrected chi connectivity index (χ3v) is 3.64. The van der Waals surface area contributed by atoms with Gasteiger partial charge >= 0.3 is 0 Å². The highest BCUT2D eigenvalue weighted by molar-refractivity contribution is 5.96. The lowest BCUT2D eigenvalue weighted by Crippen LogP contribution is -2.45. The summed E-state index contributed by atoms with van der Waals surface area (Å²) in [6.45, 7) is 2.88. The predicted octanol–water partition coefficient (Wildman–Crippen LogP) is 3.27. The highest BCUT2D eigenvalue weighted by Crippen LogP contribution is 2.33. The molecule has 1 aliphatic heterocycles. The number of nitrogens with zero attached hydrogens (tertiary/aromatic N) is 1. The van der Waals surface area contributed by atoms with E-state index in [1.165, 1.54) is 0 Å². The van der Waals surface area contributed by atoms with Crippen molar-refractivity contribution >= 4 is 11.6 Å². The fourth-order valence-corrected chi connectivity index (χ4v) is 2.57. The summed E-state index contributed by atoms with van der Waals surface area (Å²) in [6.07, 6.45) is 0.341. The molecule has 0 radical (unpaired) electrons. The van der Waals surface area contributed by atoms with Gasteiger partial charge in [0.1, 0.15) is 18.1 Å². The number of hydrogen-bond acceptors (Lipinski definition) is 3. The molecule has 22 heavy (non-hydrogen) atoms. The predicted molar refractivity (Wildman–Crippen MR) is 85.4 cm³/mol. The van der Waals surface area contributed by atoms with Crippen LogP contribution >= 0.6 is 0 Å². The lowest BCUT2D eigenvalue weighted by Gasteiger charge is -2.35. The van der Waals surface area contributed by atoms with Gasteiger partial charge in [-0.05, 0) is 31.2 Å². The number of para-hydroxylation sites is 3. The van der Waals surface area contributed by atoms with Crippen molar-refractivity contribution in [3.05, 3.63) is 54.6 Å². The molecular formula is C18H19NO3. The molecule has 2 aromatic rings. The highest BCUT2D eigenvalue weighted by Gasteiger charge is 2.28. The summed E-state index contributed by atoms with van der Waals surface area (Å²) in [5, 5.41) is 0. The Morgan fingerprint density at radius 3 is 2.73 bits per heavy atom. The van der Waals surface area contributed by atoms with Gasteiger partial charge in [0.05, 0.1) is 24.8 Å². The van der Waals surface area contributed by atoms with E-state index in [1.807, 2.05) is 66.4 Å². The molecule has 1 aliphatic rings. The van der Waals surface area contributed by atoms with Gasteiger partial charge in [0.25, 0.3) is 0 Å². The number of anilines is 1. The van der Waals surface area contributed by atoms with Crippen molar-refractivity contribution < 1.29 is 14.3 Å². The van der Waals surface area contributed by atoms with Gasteiger partial charge in [-0.1, -0.05) is 30.3 Å². The summed E-state index contributed by atoms with van der Waals surface area (Å²) in [5.74, 6) is 1.60. The topological polar surface area (TPSA) is 38.8 Å². The fraction of sp³-hybridized carbons (Fsp3) is 0.278. The summed E-state index contributed by atoms with van der Waals surface area (Å²) >= 11 is 0. The zero-order valence-electron chi connectivity index (χ0n) is 12.6. The summed E-state index contributed by atoms with van der Waals surface area (Å²) in [7, 11) is 0. The van der Waals surface area contributed by atoms with Crippen molar-refractivity contribution in [1.29, 1.82) is 0 Å². The number of fused-ring (bicyclic) bond motifs is 1. The second kappa shape index (κ2) is 6.52. The van der Waals surface area contributed by atoms with Crippen molar-refractivity contribution in [3.63, 3.8) is 0 Å². The number of carbonyl (C=O) groups excluding carboxylic acids is 1. The van der Waals surface area contributed by atoms with Gasteiger partial charge in [-0.2, -0.15) is 0 Å². The van der Waals surface area contributed by atoms with Gasteiger partial charge in [-0.3, -0.25) is 4.79 Å². The molecular weight excluding hydrogens is 278 g/mol.